The van der Waals surface area contributed by atoms with Crippen LogP contribution in [-0.2, 0) is 22.7 Å². The first-order valence-electron chi connectivity index (χ1n) is 6.97. The third-order valence-corrected chi connectivity index (χ3v) is 5.57. The second-order valence-electron chi connectivity index (χ2n) is 5.21. The topological polar surface area (TPSA) is 192 Å². The lowest BCUT2D eigenvalue weighted by atomic mass is 10.2. The summed E-state index contributed by atoms with van der Waals surface area (Å²) in [5.41, 5.74) is 6.63. The van der Waals surface area contributed by atoms with E-state index in [1.165, 1.54) is 12.7 Å². The van der Waals surface area contributed by atoms with Gasteiger partial charge in [-0.25, -0.2) is 24.1 Å². The summed E-state index contributed by atoms with van der Waals surface area (Å²) < 4.78 is 37.6. The van der Waals surface area contributed by atoms with E-state index in [-0.39, 0.29) is 12.4 Å². The van der Waals surface area contributed by atoms with Crippen LogP contribution in [0.5, 0.6) is 0 Å². The SMILES string of the molecule is Nc1ncnc2c1ncn2C1CCC(COP(=O)(O)OP(=O)(O)O)O1. The number of hydrogen-bond donors (Lipinski definition) is 4. The molecule has 5 N–H and O–H groups in total. The molecule has 1 aliphatic rings. The van der Waals surface area contributed by atoms with Crippen LogP contribution in [0.4, 0.5) is 5.82 Å². The zero-order valence-corrected chi connectivity index (χ0v) is 14.4. The molecule has 2 aromatic heterocycles. The Hall–Kier alpha value is -1.43. The molecular formula is C10H15N5O8P2. The summed E-state index contributed by atoms with van der Waals surface area (Å²) in [6.07, 6.45) is 2.78. The molecule has 3 atom stereocenters. The fraction of sp³-hybridized carbons (Fsp3) is 0.500. The number of hydrogen-bond acceptors (Lipinski definition) is 9. The molecular weight excluding hydrogens is 380 g/mol. The van der Waals surface area contributed by atoms with Crippen LogP contribution in [0, 0.1) is 0 Å². The number of imidazole rings is 1. The summed E-state index contributed by atoms with van der Waals surface area (Å²) in [4.78, 5) is 38.4. The predicted molar refractivity (Wildman–Crippen MR) is 81.8 cm³/mol. The highest BCUT2D eigenvalue weighted by Crippen LogP contribution is 2.57. The van der Waals surface area contributed by atoms with Gasteiger partial charge in [0.25, 0.3) is 0 Å². The van der Waals surface area contributed by atoms with Gasteiger partial charge in [-0.3, -0.25) is 9.09 Å². The molecule has 15 heteroatoms. The first-order valence-corrected chi connectivity index (χ1v) is 10.00. The van der Waals surface area contributed by atoms with Gasteiger partial charge in [-0.1, -0.05) is 0 Å². The van der Waals surface area contributed by atoms with Crippen molar-refractivity contribution in [3.8, 4) is 0 Å². The molecule has 13 nitrogen and oxygen atoms in total. The Bertz CT molecular complexity index is 868. The van der Waals surface area contributed by atoms with Crippen LogP contribution in [-0.4, -0.2) is 46.9 Å². The maximum absolute atomic E-state index is 11.4. The van der Waals surface area contributed by atoms with Crippen LogP contribution < -0.4 is 5.73 Å². The van der Waals surface area contributed by atoms with Gasteiger partial charge in [0.1, 0.15) is 18.1 Å². The Balaban J connectivity index is 1.63. The van der Waals surface area contributed by atoms with Crippen molar-refractivity contribution < 1.29 is 37.4 Å². The van der Waals surface area contributed by atoms with E-state index < -0.39 is 28.0 Å². The normalized spacial score (nSPS) is 23.8. The van der Waals surface area contributed by atoms with Crippen LogP contribution in [0.1, 0.15) is 19.1 Å². The maximum Gasteiger partial charge on any atom is 0.481 e. The highest BCUT2D eigenvalue weighted by molar-refractivity contribution is 7.60. The first-order chi connectivity index (χ1) is 11.6. The number of anilines is 1. The average Bonchev–Trinajstić information content (AvgIpc) is 3.09. The summed E-state index contributed by atoms with van der Waals surface area (Å²) in [6, 6.07) is 0. The number of nitrogen functional groups attached to an aromatic ring is 1. The lowest BCUT2D eigenvalue weighted by molar-refractivity contribution is -0.0205. The molecule has 138 valence electrons. The fourth-order valence-electron chi connectivity index (χ4n) is 2.43. The second-order valence-corrected chi connectivity index (χ2v) is 8.04. The van der Waals surface area contributed by atoms with Crippen molar-refractivity contribution >= 4 is 32.6 Å². The largest absolute Gasteiger partial charge is 0.481 e. The van der Waals surface area contributed by atoms with Crippen LogP contribution in [0.15, 0.2) is 12.7 Å². The molecule has 3 rings (SSSR count). The van der Waals surface area contributed by atoms with Gasteiger partial charge in [-0.2, -0.15) is 4.31 Å². The van der Waals surface area contributed by atoms with E-state index in [0.29, 0.717) is 24.0 Å². The van der Waals surface area contributed by atoms with Crippen molar-refractivity contribution in [2.24, 2.45) is 0 Å². The van der Waals surface area contributed by atoms with Gasteiger partial charge in [0, 0.05) is 0 Å². The van der Waals surface area contributed by atoms with E-state index in [2.05, 4.69) is 23.8 Å². The second kappa shape index (κ2) is 6.71. The van der Waals surface area contributed by atoms with E-state index in [0.717, 1.165) is 0 Å². The van der Waals surface area contributed by atoms with Gasteiger partial charge in [0.05, 0.1) is 19.0 Å². The molecule has 3 heterocycles. The molecule has 1 saturated heterocycles. The summed E-state index contributed by atoms with van der Waals surface area (Å²) in [6.45, 7) is -0.381. The Morgan fingerprint density at radius 2 is 2.04 bits per heavy atom. The Kier molecular flexibility index (Phi) is 4.93. The molecule has 0 aliphatic carbocycles. The predicted octanol–water partition coefficient (Wildman–Crippen LogP) is 0.312. The number of rotatable bonds is 6. The Morgan fingerprint density at radius 1 is 1.28 bits per heavy atom. The highest BCUT2D eigenvalue weighted by atomic mass is 31.3. The first kappa shape index (κ1) is 18.4. The van der Waals surface area contributed by atoms with E-state index in [1.54, 1.807) is 4.57 Å². The molecule has 0 spiro atoms. The Morgan fingerprint density at radius 3 is 2.76 bits per heavy atom. The maximum atomic E-state index is 11.4. The molecule has 0 bridgehead atoms. The van der Waals surface area contributed by atoms with Gasteiger partial charge in [0.2, 0.25) is 0 Å². The Labute approximate surface area is 140 Å². The summed E-state index contributed by atoms with van der Waals surface area (Å²) >= 11 is 0. The molecule has 0 aromatic carbocycles. The number of phosphoric ester groups is 1. The molecule has 0 radical (unpaired) electrons. The molecule has 25 heavy (non-hydrogen) atoms. The minimum Gasteiger partial charge on any atom is -0.382 e. The molecule has 1 fully saturated rings. The van der Waals surface area contributed by atoms with Crippen molar-refractivity contribution in [2.45, 2.75) is 25.2 Å². The van der Waals surface area contributed by atoms with Gasteiger partial charge in [-0.15, -0.1) is 0 Å². The van der Waals surface area contributed by atoms with Gasteiger partial charge in [0.15, 0.2) is 11.5 Å². The highest BCUT2D eigenvalue weighted by Gasteiger charge is 2.35. The van der Waals surface area contributed by atoms with Crippen molar-refractivity contribution in [2.75, 3.05) is 12.3 Å². The summed E-state index contributed by atoms with van der Waals surface area (Å²) in [5, 5.41) is 0. The van der Waals surface area contributed by atoms with Crippen LogP contribution in [0.25, 0.3) is 11.2 Å². The lowest BCUT2D eigenvalue weighted by Crippen LogP contribution is -2.16. The number of aromatic nitrogens is 4. The van der Waals surface area contributed by atoms with Crippen LogP contribution in [0.3, 0.4) is 0 Å². The van der Waals surface area contributed by atoms with E-state index in [4.69, 9.17) is 20.3 Å². The van der Waals surface area contributed by atoms with Crippen molar-refractivity contribution in [1.82, 2.24) is 19.5 Å². The molecule has 3 unspecified atom stereocenters. The van der Waals surface area contributed by atoms with Gasteiger partial charge >= 0.3 is 15.6 Å². The van der Waals surface area contributed by atoms with E-state index in [9.17, 15) is 14.0 Å². The zero-order chi connectivity index (χ0) is 18.2. The van der Waals surface area contributed by atoms with Crippen molar-refractivity contribution in [1.29, 1.82) is 0 Å². The summed E-state index contributed by atoms with van der Waals surface area (Å²) in [5.74, 6) is 0.234. The molecule has 2 aromatic rings. The third kappa shape index (κ3) is 4.40. The van der Waals surface area contributed by atoms with E-state index >= 15 is 0 Å². The van der Waals surface area contributed by atoms with E-state index in [1.807, 2.05) is 0 Å². The quantitative estimate of drug-likeness (QED) is 0.490. The number of nitrogens with zero attached hydrogens (tertiary/aromatic N) is 4. The number of ether oxygens (including phenoxy) is 1. The van der Waals surface area contributed by atoms with Crippen LogP contribution in [0.2, 0.25) is 0 Å². The minimum atomic E-state index is -5.15. The standard InChI is InChI=1S/C10H15N5O8P2/c11-9-8-10(13-4-12-9)15(5-14-8)7-2-1-6(22-7)3-21-25(19,20)23-24(16,17)18/h4-7H,1-3H2,(H,19,20)(H2,11,12,13)(H2,16,17,18). The fourth-order valence-corrected chi connectivity index (χ4v) is 4.05. The number of phosphoric acid groups is 2. The molecule has 0 saturated carbocycles. The van der Waals surface area contributed by atoms with Gasteiger partial charge in [-0.05, 0) is 12.8 Å². The molecule has 0 amide bonds. The average molecular weight is 395 g/mol. The van der Waals surface area contributed by atoms with Gasteiger partial charge < -0.3 is 25.2 Å². The third-order valence-electron chi connectivity index (χ3n) is 3.42. The summed E-state index contributed by atoms with van der Waals surface area (Å²) in [7, 11) is -10.0. The number of nitrogens with two attached hydrogens (primary N) is 1. The molecule has 1 aliphatic heterocycles. The minimum absolute atomic E-state index is 0.234. The smallest absolute Gasteiger partial charge is 0.382 e. The van der Waals surface area contributed by atoms with Crippen molar-refractivity contribution in [3.63, 3.8) is 0 Å². The van der Waals surface area contributed by atoms with Crippen LogP contribution >= 0.6 is 15.6 Å². The van der Waals surface area contributed by atoms with Crippen molar-refractivity contribution in [3.05, 3.63) is 12.7 Å². The monoisotopic (exact) mass is 395 g/mol. The lowest BCUT2D eigenvalue weighted by Gasteiger charge is -2.17. The number of fused-ring (bicyclic) bond motifs is 1. The zero-order valence-electron chi connectivity index (χ0n) is 12.6.